The third-order valence-electron chi connectivity index (χ3n) is 2.90. The first-order valence-electron chi connectivity index (χ1n) is 5.45. The molecule has 1 aliphatic carbocycles. The monoisotopic (exact) mass is 226 g/mol. The van der Waals surface area contributed by atoms with Gasteiger partial charge >= 0.3 is 0 Å². The van der Waals surface area contributed by atoms with Crippen molar-refractivity contribution < 1.29 is 0 Å². The molecular formula is C10H18N4S. The fraction of sp³-hybridized carbons (Fsp3) is 0.800. The lowest BCUT2D eigenvalue weighted by atomic mass is 9.78. The zero-order chi connectivity index (χ0) is 10.9. The molecule has 0 atom stereocenters. The lowest BCUT2D eigenvalue weighted by Crippen LogP contribution is -2.51. The summed E-state index contributed by atoms with van der Waals surface area (Å²) in [6.07, 6.45) is 3.50. The average molecular weight is 226 g/mol. The van der Waals surface area contributed by atoms with Gasteiger partial charge in [-0.3, -0.25) is 0 Å². The molecule has 1 aliphatic rings. The number of nitrogens with two attached hydrogens (primary N) is 1. The maximum atomic E-state index is 6.11. The second-order valence-corrected chi connectivity index (χ2v) is 5.43. The standard InChI is InChI=1S/C10H18N4S/c1-7(2)8-13-9(15-14-8)12-6-10(11)4-3-5-10/h7H,3-6,11H2,1-2H3,(H,12,13,14). The maximum Gasteiger partial charge on any atom is 0.202 e. The van der Waals surface area contributed by atoms with Crippen LogP contribution in [-0.4, -0.2) is 21.4 Å². The van der Waals surface area contributed by atoms with E-state index in [4.69, 9.17) is 5.73 Å². The fourth-order valence-electron chi connectivity index (χ4n) is 1.60. The summed E-state index contributed by atoms with van der Waals surface area (Å²) in [7, 11) is 0. The Morgan fingerprint density at radius 2 is 2.27 bits per heavy atom. The number of nitrogens with one attached hydrogen (secondary N) is 1. The summed E-state index contributed by atoms with van der Waals surface area (Å²) in [4.78, 5) is 4.41. The molecule has 0 spiro atoms. The van der Waals surface area contributed by atoms with Gasteiger partial charge in [0.1, 0.15) is 5.82 Å². The van der Waals surface area contributed by atoms with Crippen molar-refractivity contribution in [3.8, 4) is 0 Å². The highest BCUT2D eigenvalue weighted by Gasteiger charge is 2.32. The molecule has 0 aromatic carbocycles. The molecule has 84 valence electrons. The van der Waals surface area contributed by atoms with Crippen LogP contribution >= 0.6 is 11.5 Å². The lowest BCUT2D eigenvalue weighted by Gasteiger charge is -2.37. The fourth-order valence-corrected chi connectivity index (χ4v) is 2.30. The number of anilines is 1. The zero-order valence-corrected chi connectivity index (χ0v) is 10.1. The van der Waals surface area contributed by atoms with E-state index in [9.17, 15) is 0 Å². The molecule has 1 fully saturated rings. The van der Waals surface area contributed by atoms with Crippen LogP contribution in [0.25, 0.3) is 0 Å². The second-order valence-electron chi connectivity index (χ2n) is 4.68. The molecule has 5 heteroatoms. The summed E-state index contributed by atoms with van der Waals surface area (Å²) in [5.74, 6) is 1.31. The first kappa shape index (κ1) is 10.8. The van der Waals surface area contributed by atoms with Gasteiger partial charge in [-0.25, -0.2) is 4.98 Å². The minimum absolute atomic E-state index is 0.00363. The minimum atomic E-state index is 0.00363. The number of rotatable bonds is 4. The Morgan fingerprint density at radius 3 is 2.73 bits per heavy atom. The van der Waals surface area contributed by atoms with Crippen molar-refractivity contribution in [3.05, 3.63) is 5.82 Å². The smallest absolute Gasteiger partial charge is 0.202 e. The van der Waals surface area contributed by atoms with E-state index < -0.39 is 0 Å². The van der Waals surface area contributed by atoms with E-state index in [2.05, 4.69) is 28.5 Å². The van der Waals surface area contributed by atoms with Gasteiger partial charge < -0.3 is 11.1 Å². The summed E-state index contributed by atoms with van der Waals surface area (Å²) in [6, 6.07) is 0. The Morgan fingerprint density at radius 1 is 1.53 bits per heavy atom. The number of aromatic nitrogens is 2. The van der Waals surface area contributed by atoms with Crippen LogP contribution in [0.5, 0.6) is 0 Å². The highest BCUT2D eigenvalue weighted by atomic mass is 32.1. The van der Waals surface area contributed by atoms with Gasteiger partial charge in [-0.15, -0.1) is 0 Å². The Kier molecular flexibility index (Phi) is 2.93. The van der Waals surface area contributed by atoms with Gasteiger partial charge in [0.25, 0.3) is 0 Å². The van der Waals surface area contributed by atoms with Gasteiger partial charge in [0.05, 0.1) is 0 Å². The van der Waals surface area contributed by atoms with Crippen LogP contribution in [0.3, 0.4) is 0 Å². The predicted molar refractivity (Wildman–Crippen MR) is 63.3 cm³/mol. The molecule has 1 heterocycles. The van der Waals surface area contributed by atoms with Crippen LogP contribution < -0.4 is 11.1 Å². The van der Waals surface area contributed by atoms with Gasteiger partial charge in [-0.1, -0.05) is 13.8 Å². The van der Waals surface area contributed by atoms with E-state index in [-0.39, 0.29) is 5.54 Å². The van der Waals surface area contributed by atoms with Crippen molar-refractivity contribution >= 4 is 16.7 Å². The quantitative estimate of drug-likeness (QED) is 0.823. The topological polar surface area (TPSA) is 63.8 Å². The normalized spacial score (nSPS) is 18.9. The van der Waals surface area contributed by atoms with Gasteiger partial charge in [-0.05, 0) is 19.3 Å². The van der Waals surface area contributed by atoms with Crippen LogP contribution in [0.2, 0.25) is 0 Å². The molecule has 0 saturated heterocycles. The SMILES string of the molecule is CC(C)c1nsc(NCC2(N)CCC2)n1. The van der Waals surface area contributed by atoms with E-state index >= 15 is 0 Å². The van der Waals surface area contributed by atoms with Crippen molar-refractivity contribution in [2.24, 2.45) is 5.73 Å². The van der Waals surface area contributed by atoms with Gasteiger partial charge in [-0.2, -0.15) is 4.37 Å². The molecule has 1 aromatic rings. The highest BCUT2D eigenvalue weighted by Crippen LogP contribution is 2.29. The minimum Gasteiger partial charge on any atom is -0.358 e. The van der Waals surface area contributed by atoms with Crippen molar-refractivity contribution in [2.75, 3.05) is 11.9 Å². The zero-order valence-electron chi connectivity index (χ0n) is 9.29. The molecule has 0 aliphatic heterocycles. The van der Waals surface area contributed by atoms with Gasteiger partial charge in [0.2, 0.25) is 5.13 Å². The molecular weight excluding hydrogens is 208 g/mol. The van der Waals surface area contributed by atoms with Crippen LogP contribution in [0.1, 0.15) is 44.9 Å². The lowest BCUT2D eigenvalue weighted by molar-refractivity contribution is 0.265. The van der Waals surface area contributed by atoms with E-state index in [1.807, 2.05) is 0 Å². The van der Waals surface area contributed by atoms with Crippen LogP contribution in [0, 0.1) is 0 Å². The first-order chi connectivity index (χ1) is 7.09. The predicted octanol–water partition coefficient (Wildman–Crippen LogP) is 1.95. The Balaban J connectivity index is 1.88. The van der Waals surface area contributed by atoms with E-state index in [1.165, 1.54) is 18.0 Å². The molecule has 0 radical (unpaired) electrons. The average Bonchev–Trinajstić information content (AvgIpc) is 2.60. The summed E-state index contributed by atoms with van der Waals surface area (Å²) in [6.45, 7) is 5.02. The molecule has 2 rings (SSSR count). The molecule has 1 aromatic heterocycles. The summed E-state index contributed by atoms with van der Waals surface area (Å²) >= 11 is 1.43. The number of hydrogen-bond donors (Lipinski definition) is 2. The van der Waals surface area contributed by atoms with Crippen molar-refractivity contribution in [1.29, 1.82) is 0 Å². The summed E-state index contributed by atoms with van der Waals surface area (Å²) < 4.78 is 4.29. The van der Waals surface area contributed by atoms with Crippen molar-refractivity contribution in [2.45, 2.75) is 44.6 Å². The third-order valence-corrected chi connectivity index (χ3v) is 3.59. The Bertz CT molecular complexity index is 330. The van der Waals surface area contributed by atoms with Crippen LogP contribution in [0.15, 0.2) is 0 Å². The molecule has 0 bridgehead atoms. The van der Waals surface area contributed by atoms with E-state index in [0.29, 0.717) is 5.92 Å². The number of nitrogens with zero attached hydrogens (tertiary/aromatic N) is 2. The largest absolute Gasteiger partial charge is 0.358 e. The maximum absolute atomic E-state index is 6.11. The molecule has 3 N–H and O–H groups in total. The molecule has 15 heavy (non-hydrogen) atoms. The van der Waals surface area contributed by atoms with E-state index in [1.54, 1.807) is 0 Å². The highest BCUT2D eigenvalue weighted by molar-refractivity contribution is 7.09. The molecule has 1 saturated carbocycles. The summed E-state index contributed by atoms with van der Waals surface area (Å²) in [5.41, 5.74) is 6.11. The summed E-state index contributed by atoms with van der Waals surface area (Å²) in [5, 5.41) is 4.18. The van der Waals surface area contributed by atoms with Crippen molar-refractivity contribution in [3.63, 3.8) is 0 Å². The van der Waals surface area contributed by atoms with Crippen LogP contribution in [-0.2, 0) is 0 Å². The van der Waals surface area contributed by atoms with Crippen molar-refractivity contribution in [1.82, 2.24) is 9.36 Å². The van der Waals surface area contributed by atoms with Gasteiger partial charge in [0, 0.05) is 29.5 Å². The Labute approximate surface area is 94.5 Å². The number of hydrogen-bond acceptors (Lipinski definition) is 5. The van der Waals surface area contributed by atoms with Gasteiger partial charge in [0.15, 0.2) is 0 Å². The second kappa shape index (κ2) is 4.06. The molecule has 0 unspecified atom stereocenters. The Hall–Kier alpha value is -0.680. The first-order valence-corrected chi connectivity index (χ1v) is 6.23. The third kappa shape index (κ3) is 2.46. The molecule has 0 amide bonds. The molecule has 4 nitrogen and oxygen atoms in total. The van der Waals surface area contributed by atoms with E-state index in [0.717, 1.165) is 30.3 Å². The van der Waals surface area contributed by atoms with Crippen LogP contribution in [0.4, 0.5) is 5.13 Å².